The molecule has 1 aromatic heterocycles. The SMILES string of the molecule is [N-]=[N+]=Nc1cccc(C(=O)Cn2c(O)ccc2O)c1. The summed E-state index contributed by atoms with van der Waals surface area (Å²) in [5, 5.41) is 22.3. The van der Waals surface area contributed by atoms with E-state index >= 15 is 0 Å². The van der Waals surface area contributed by atoms with Crippen LogP contribution >= 0.6 is 0 Å². The normalized spacial score (nSPS) is 9.89. The highest BCUT2D eigenvalue weighted by Crippen LogP contribution is 2.22. The first-order chi connectivity index (χ1) is 9.11. The van der Waals surface area contributed by atoms with Crippen molar-refractivity contribution in [3.63, 3.8) is 0 Å². The lowest BCUT2D eigenvalue weighted by atomic mass is 10.1. The molecule has 0 spiro atoms. The molecular weight excluding hydrogens is 248 g/mol. The van der Waals surface area contributed by atoms with Gasteiger partial charge in [0.2, 0.25) is 0 Å². The smallest absolute Gasteiger partial charge is 0.194 e. The van der Waals surface area contributed by atoms with Crippen LogP contribution in [0.2, 0.25) is 0 Å². The molecule has 96 valence electrons. The van der Waals surface area contributed by atoms with E-state index in [1.165, 1.54) is 18.2 Å². The van der Waals surface area contributed by atoms with Gasteiger partial charge < -0.3 is 10.2 Å². The van der Waals surface area contributed by atoms with Crippen molar-refractivity contribution >= 4 is 11.5 Å². The molecule has 1 heterocycles. The first kappa shape index (κ1) is 12.5. The van der Waals surface area contributed by atoms with Crippen molar-refractivity contribution in [2.75, 3.05) is 0 Å². The highest BCUT2D eigenvalue weighted by Gasteiger charge is 2.12. The topological polar surface area (TPSA) is 111 Å². The molecule has 0 amide bonds. The minimum atomic E-state index is -0.322. The van der Waals surface area contributed by atoms with Crippen molar-refractivity contribution in [1.29, 1.82) is 0 Å². The van der Waals surface area contributed by atoms with Crippen LogP contribution in [0, 0.1) is 0 Å². The summed E-state index contributed by atoms with van der Waals surface area (Å²) in [5.41, 5.74) is 8.99. The molecule has 1 aromatic carbocycles. The van der Waals surface area contributed by atoms with Gasteiger partial charge in [-0.3, -0.25) is 9.36 Å². The zero-order valence-corrected chi connectivity index (χ0v) is 9.76. The number of rotatable bonds is 4. The Hall–Kier alpha value is -2.92. The summed E-state index contributed by atoms with van der Waals surface area (Å²) < 4.78 is 1.07. The van der Waals surface area contributed by atoms with E-state index in [-0.39, 0.29) is 24.1 Å². The lowest BCUT2D eigenvalue weighted by molar-refractivity contribution is 0.0965. The van der Waals surface area contributed by atoms with Crippen molar-refractivity contribution < 1.29 is 15.0 Å². The number of hydrogen-bond donors (Lipinski definition) is 2. The molecule has 0 bridgehead atoms. The molecule has 7 nitrogen and oxygen atoms in total. The molecule has 0 aliphatic rings. The minimum absolute atomic E-state index is 0.197. The van der Waals surface area contributed by atoms with Crippen LogP contribution < -0.4 is 0 Å². The molecule has 0 atom stereocenters. The second kappa shape index (κ2) is 5.16. The number of benzene rings is 1. The number of carbonyl (C=O) groups excluding carboxylic acids is 1. The zero-order chi connectivity index (χ0) is 13.8. The van der Waals surface area contributed by atoms with Crippen LogP contribution in [0.15, 0.2) is 41.5 Å². The Morgan fingerprint density at radius 3 is 2.58 bits per heavy atom. The van der Waals surface area contributed by atoms with E-state index < -0.39 is 0 Å². The Bertz CT molecular complexity index is 652. The molecule has 2 rings (SSSR count). The highest BCUT2D eigenvalue weighted by molar-refractivity contribution is 5.96. The lowest BCUT2D eigenvalue weighted by Gasteiger charge is -2.06. The van der Waals surface area contributed by atoms with Crippen LogP contribution in [0.4, 0.5) is 5.69 Å². The Morgan fingerprint density at radius 2 is 1.95 bits per heavy atom. The maximum atomic E-state index is 12.0. The number of Topliss-reactive ketones (excluding diaryl/α,β-unsaturated/α-hetero) is 1. The molecule has 0 aliphatic carbocycles. The van der Waals surface area contributed by atoms with E-state index in [2.05, 4.69) is 10.0 Å². The molecule has 7 heteroatoms. The molecular formula is C12H10N4O3. The van der Waals surface area contributed by atoms with Gasteiger partial charge in [-0.15, -0.1) is 0 Å². The molecule has 0 aliphatic heterocycles. The number of ketones is 1. The number of nitrogens with zero attached hydrogens (tertiary/aromatic N) is 4. The van der Waals surface area contributed by atoms with Gasteiger partial charge in [-0.25, -0.2) is 0 Å². The molecule has 0 saturated carbocycles. The molecule has 19 heavy (non-hydrogen) atoms. The highest BCUT2D eigenvalue weighted by atomic mass is 16.3. The van der Waals surface area contributed by atoms with Crippen molar-refractivity contribution in [3.8, 4) is 11.8 Å². The van der Waals surface area contributed by atoms with Crippen LogP contribution in [0.1, 0.15) is 10.4 Å². The monoisotopic (exact) mass is 258 g/mol. The van der Waals surface area contributed by atoms with Gasteiger partial charge in [0.1, 0.15) is 0 Å². The average molecular weight is 258 g/mol. The second-order valence-electron chi connectivity index (χ2n) is 3.80. The molecule has 2 N–H and O–H groups in total. The molecule has 0 radical (unpaired) electrons. The fourth-order valence-electron chi connectivity index (χ4n) is 1.64. The number of azide groups is 1. The fraction of sp³-hybridized carbons (Fsp3) is 0.0833. The van der Waals surface area contributed by atoms with Gasteiger partial charge >= 0.3 is 0 Å². The van der Waals surface area contributed by atoms with Crippen molar-refractivity contribution in [3.05, 3.63) is 52.4 Å². The number of hydrogen-bond acceptors (Lipinski definition) is 4. The maximum Gasteiger partial charge on any atom is 0.194 e. The van der Waals surface area contributed by atoms with Gasteiger partial charge in [-0.05, 0) is 11.6 Å². The molecule has 0 unspecified atom stereocenters. The van der Waals surface area contributed by atoms with Crippen LogP contribution in [-0.4, -0.2) is 20.6 Å². The van der Waals surface area contributed by atoms with E-state index in [1.807, 2.05) is 0 Å². The van der Waals surface area contributed by atoms with Crippen molar-refractivity contribution in [2.45, 2.75) is 6.54 Å². The van der Waals surface area contributed by atoms with Gasteiger partial charge in [-0.2, -0.15) is 0 Å². The van der Waals surface area contributed by atoms with Crippen molar-refractivity contribution in [1.82, 2.24) is 4.57 Å². The van der Waals surface area contributed by atoms with Gasteiger partial charge in [0.15, 0.2) is 17.5 Å². The van der Waals surface area contributed by atoms with E-state index in [1.54, 1.807) is 18.2 Å². The summed E-state index contributed by atoms with van der Waals surface area (Å²) in [5.74, 6) is -0.717. The maximum absolute atomic E-state index is 12.0. The zero-order valence-electron chi connectivity index (χ0n) is 9.76. The van der Waals surface area contributed by atoms with E-state index in [0.717, 1.165) is 4.57 Å². The number of aromatic hydroxyl groups is 2. The Labute approximate surface area is 108 Å². The molecule has 0 saturated heterocycles. The van der Waals surface area contributed by atoms with E-state index in [4.69, 9.17) is 5.53 Å². The number of carbonyl (C=O) groups is 1. The van der Waals surface area contributed by atoms with Gasteiger partial charge in [0.25, 0.3) is 0 Å². The van der Waals surface area contributed by atoms with Gasteiger partial charge in [0.05, 0.1) is 6.54 Å². The Kier molecular flexibility index (Phi) is 3.40. The predicted molar refractivity (Wildman–Crippen MR) is 67.3 cm³/mol. The minimum Gasteiger partial charge on any atom is -0.494 e. The fourth-order valence-corrected chi connectivity index (χ4v) is 1.64. The summed E-state index contributed by atoms with van der Waals surface area (Å²) in [7, 11) is 0. The van der Waals surface area contributed by atoms with Crippen LogP contribution in [0.25, 0.3) is 10.4 Å². The van der Waals surface area contributed by atoms with Gasteiger partial charge in [0, 0.05) is 28.3 Å². The van der Waals surface area contributed by atoms with Crippen LogP contribution in [0.5, 0.6) is 11.8 Å². The van der Waals surface area contributed by atoms with E-state index in [0.29, 0.717) is 11.3 Å². The Morgan fingerprint density at radius 1 is 1.26 bits per heavy atom. The standard InChI is InChI=1S/C12H10N4O3/c13-15-14-9-3-1-2-8(6-9)10(17)7-16-11(18)4-5-12(16)19/h1-6,18-19H,7H2. The summed E-state index contributed by atoms with van der Waals surface area (Å²) in [6.45, 7) is -0.204. The summed E-state index contributed by atoms with van der Waals surface area (Å²) in [6.07, 6.45) is 0. The summed E-state index contributed by atoms with van der Waals surface area (Å²) in [6, 6.07) is 8.75. The second-order valence-corrected chi connectivity index (χ2v) is 3.80. The number of aromatic nitrogens is 1. The average Bonchev–Trinajstić information content (AvgIpc) is 2.71. The third-order valence-electron chi connectivity index (χ3n) is 2.56. The summed E-state index contributed by atoms with van der Waals surface area (Å²) >= 11 is 0. The van der Waals surface area contributed by atoms with E-state index in [9.17, 15) is 15.0 Å². The Balaban J connectivity index is 2.25. The van der Waals surface area contributed by atoms with Gasteiger partial charge in [-0.1, -0.05) is 23.3 Å². The predicted octanol–water partition coefficient (Wildman–Crippen LogP) is 2.72. The summed E-state index contributed by atoms with van der Waals surface area (Å²) in [4.78, 5) is 14.6. The quantitative estimate of drug-likeness (QED) is 0.380. The van der Waals surface area contributed by atoms with Crippen molar-refractivity contribution in [2.24, 2.45) is 5.11 Å². The van der Waals surface area contributed by atoms with Crippen LogP contribution in [-0.2, 0) is 6.54 Å². The lowest BCUT2D eigenvalue weighted by Crippen LogP contribution is -2.09. The largest absolute Gasteiger partial charge is 0.494 e. The third-order valence-corrected chi connectivity index (χ3v) is 2.56. The van der Waals surface area contributed by atoms with Crippen LogP contribution in [0.3, 0.4) is 0 Å². The molecule has 0 fully saturated rings. The molecule has 2 aromatic rings. The first-order valence-electron chi connectivity index (χ1n) is 5.37. The first-order valence-corrected chi connectivity index (χ1v) is 5.37. The third kappa shape index (κ3) is 2.67.